The number of likely N-dealkylation sites (tertiary alicyclic amines) is 1. The van der Waals surface area contributed by atoms with Crippen LogP contribution in [0.5, 0.6) is 0 Å². The second-order valence-corrected chi connectivity index (χ2v) is 4.99. The fraction of sp³-hybridized carbons (Fsp3) is 0.462. The van der Waals surface area contributed by atoms with Gasteiger partial charge in [0.15, 0.2) is 0 Å². The quantitative estimate of drug-likeness (QED) is 0.484. The molecule has 1 saturated heterocycles. The van der Waals surface area contributed by atoms with Crippen molar-refractivity contribution in [2.45, 2.75) is 19.8 Å². The lowest BCUT2D eigenvalue weighted by molar-refractivity contribution is -0.404. The SMILES string of the molecule is CCN1CCC(Cc2ccc(Cl)nc2)/C1=C/[N+](=O)[O-]. The van der Waals surface area contributed by atoms with Crippen molar-refractivity contribution in [1.82, 2.24) is 9.88 Å². The Morgan fingerprint density at radius 3 is 3.00 bits per heavy atom. The molecule has 0 bridgehead atoms. The lowest BCUT2D eigenvalue weighted by atomic mass is 9.97. The summed E-state index contributed by atoms with van der Waals surface area (Å²) in [5.41, 5.74) is 1.88. The fourth-order valence-corrected chi connectivity index (χ4v) is 2.61. The number of aromatic nitrogens is 1. The Morgan fingerprint density at radius 2 is 2.42 bits per heavy atom. The van der Waals surface area contributed by atoms with Gasteiger partial charge in [0.05, 0.1) is 10.6 Å². The summed E-state index contributed by atoms with van der Waals surface area (Å²) < 4.78 is 0. The molecule has 0 aromatic carbocycles. The summed E-state index contributed by atoms with van der Waals surface area (Å²) in [6.07, 6.45) is 4.59. The van der Waals surface area contributed by atoms with Crippen LogP contribution in [0.15, 0.2) is 30.2 Å². The monoisotopic (exact) mass is 281 g/mol. The molecular weight excluding hydrogens is 266 g/mol. The third-order valence-electron chi connectivity index (χ3n) is 3.42. The van der Waals surface area contributed by atoms with Crippen LogP contribution in [0.2, 0.25) is 5.15 Å². The summed E-state index contributed by atoms with van der Waals surface area (Å²) in [5.74, 6) is 0.188. The predicted molar refractivity (Wildman–Crippen MR) is 73.4 cm³/mol. The maximum absolute atomic E-state index is 10.7. The number of nitro groups is 1. The molecule has 1 aromatic rings. The van der Waals surface area contributed by atoms with Crippen molar-refractivity contribution in [3.8, 4) is 0 Å². The summed E-state index contributed by atoms with van der Waals surface area (Å²) >= 11 is 5.75. The fourth-order valence-electron chi connectivity index (χ4n) is 2.50. The van der Waals surface area contributed by atoms with E-state index < -0.39 is 0 Å². The Bertz CT molecular complexity index is 487. The molecule has 0 amide bonds. The van der Waals surface area contributed by atoms with Crippen LogP contribution < -0.4 is 0 Å². The van der Waals surface area contributed by atoms with E-state index in [1.807, 2.05) is 13.0 Å². The predicted octanol–water partition coefficient (Wildman–Crippen LogP) is 2.74. The molecule has 19 heavy (non-hydrogen) atoms. The minimum atomic E-state index is -0.365. The van der Waals surface area contributed by atoms with Gasteiger partial charge < -0.3 is 4.90 Å². The van der Waals surface area contributed by atoms with Gasteiger partial charge in [-0.15, -0.1) is 0 Å². The van der Waals surface area contributed by atoms with Gasteiger partial charge >= 0.3 is 0 Å². The van der Waals surface area contributed by atoms with Gasteiger partial charge in [0.25, 0.3) is 6.20 Å². The minimum Gasteiger partial charge on any atom is -0.370 e. The third kappa shape index (κ3) is 3.44. The minimum absolute atomic E-state index is 0.188. The highest BCUT2D eigenvalue weighted by atomic mass is 35.5. The molecule has 1 unspecified atom stereocenters. The van der Waals surface area contributed by atoms with Crippen molar-refractivity contribution < 1.29 is 4.92 Å². The summed E-state index contributed by atoms with van der Waals surface area (Å²) in [7, 11) is 0. The number of hydrogen-bond acceptors (Lipinski definition) is 4. The van der Waals surface area contributed by atoms with Crippen LogP contribution in [0, 0.1) is 16.0 Å². The van der Waals surface area contributed by atoms with Crippen molar-refractivity contribution in [3.63, 3.8) is 0 Å². The van der Waals surface area contributed by atoms with Crippen LogP contribution in [0.1, 0.15) is 18.9 Å². The standard InChI is InChI=1S/C13H16ClN3O2/c1-2-16-6-5-11(12(16)9-17(18)19)7-10-3-4-13(14)15-8-10/h3-4,8-9,11H,2,5-7H2,1H3/b12-9-. The van der Waals surface area contributed by atoms with Gasteiger partial charge in [0.1, 0.15) is 5.15 Å². The van der Waals surface area contributed by atoms with Crippen LogP contribution in [0.4, 0.5) is 0 Å². The number of allylic oxidation sites excluding steroid dienone is 1. The molecule has 2 rings (SSSR count). The van der Waals surface area contributed by atoms with Crippen molar-refractivity contribution >= 4 is 11.6 Å². The average Bonchev–Trinajstić information content (AvgIpc) is 2.74. The molecule has 0 N–H and O–H groups in total. The molecule has 0 radical (unpaired) electrons. The molecule has 1 aromatic heterocycles. The molecule has 1 aliphatic rings. The van der Waals surface area contributed by atoms with E-state index in [1.54, 1.807) is 12.3 Å². The Hall–Kier alpha value is -1.62. The summed E-state index contributed by atoms with van der Waals surface area (Å²) in [4.78, 5) is 16.5. The smallest absolute Gasteiger partial charge is 0.253 e. The van der Waals surface area contributed by atoms with Crippen LogP contribution >= 0.6 is 11.6 Å². The average molecular weight is 282 g/mol. The molecule has 1 aliphatic heterocycles. The molecule has 102 valence electrons. The second-order valence-electron chi connectivity index (χ2n) is 4.60. The van der Waals surface area contributed by atoms with Gasteiger partial charge in [-0.25, -0.2) is 4.98 Å². The lowest BCUT2D eigenvalue weighted by Gasteiger charge is -2.18. The second kappa shape index (κ2) is 6.02. The molecule has 0 saturated carbocycles. The van der Waals surface area contributed by atoms with E-state index in [9.17, 15) is 10.1 Å². The van der Waals surface area contributed by atoms with Crippen LogP contribution in [0.25, 0.3) is 0 Å². The number of halogens is 1. The van der Waals surface area contributed by atoms with Crippen LogP contribution in [-0.4, -0.2) is 27.9 Å². The highest BCUT2D eigenvalue weighted by Crippen LogP contribution is 2.30. The van der Waals surface area contributed by atoms with E-state index in [-0.39, 0.29) is 10.8 Å². The first-order valence-corrected chi connectivity index (χ1v) is 6.68. The molecule has 1 atom stereocenters. The molecular formula is C13H16ClN3O2. The van der Waals surface area contributed by atoms with E-state index in [0.717, 1.165) is 43.4 Å². The van der Waals surface area contributed by atoms with Gasteiger partial charge in [0.2, 0.25) is 0 Å². The van der Waals surface area contributed by atoms with Crippen LogP contribution in [-0.2, 0) is 6.42 Å². The van der Waals surface area contributed by atoms with E-state index in [1.165, 1.54) is 0 Å². The maximum atomic E-state index is 10.7. The summed E-state index contributed by atoms with van der Waals surface area (Å²) in [6.45, 7) is 3.69. The first kappa shape index (κ1) is 13.8. The third-order valence-corrected chi connectivity index (χ3v) is 3.64. The lowest BCUT2D eigenvalue weighted by Crippen LogP contribution is -2.19. The first-order valence-electron chi connectivity index (χ1n) is 6.30. The van der Waals surface area contributed by atoms with E-state index in [0.29, 0.717) is 5.15 Å². The Labute approximate surface area is 117 Å². The Kier molecular flexibility index (Phi) is 4.37. The van der Waals surface area contributed by atoms with Gasteiger partial charge in [-0.3, -0.25) is 10.1 Å². The van der Waals surface area contributed by atoms with Crippen molar-refractivity contribution in [1.29, 1.82) is 0 Å². The molecule has 0 aliphatic carbocycles. The van der Waals surface area contributed by atoms with E-state index in [4.69, 9.17) is 11.6 Å². The summed E-state index contributed by atoms with van der Waals surface area (Å²) in [5, 5.41) is 11.2. The number of pyridine rings is 1. The Balaban J connectivity index is 2.14. The van der Waals surface area contributed by atoms with E-state index in [2.05, 4.69) is 9.88 Å². The van der Waals surface area contributed by atoms with Gasteiger partial charge in [-0.05, 0) is 31.4 Å². The van der Waals surface area contributed by atoms with Crippen molar-refractivity contribution in [2.24, 2.45) is 5.92 Å². The molecule has 6 heteroatoms. The van der Waals surface area contributed by atoms with Gasteiger partial charge in [-0.1, -0.05) is 17.7 Å². The number of nitrogens with zero attached hydrogens (tertiary/aromatic N) is 3. The van der Waals surface area contributed by atoms with Crippen molar-refractivity contribution in [3.05, 3.63) is 51.1 Å². The topological polar surface area (TPSA) is 59.3 Å². The maximum Gasteiger partial charge on any atom is 0.253 e. The highest BCUT2D eigenvalue weighted by Gasteiger charge is 2.29. The largest absolute Gasteiger partial charge is 0.370 e. The molecule has 0 spiro atoms. The van der Waals surface area contributed by atoms with Crippen LogP contribution in [0.3, 0.4) is 0 Å². The zero-order valence-corrected chi connectivity index (χ0v) is 11.5. The highest BCUT2D eigenvalue weighted by molar-refractivity contribution is 6.29. The summed E-state index contributed by atoms with van der Waals surface area (Å²) in [6, 6.07) is 3.67. The first-order chi connectivity index (χ1) is 9.10. The Morgan fingerprint density at radius 1 is 1.63 bits per heavy atom. The molecule has 5 nitrogen and oxygen atoms in total. The molecule has 2 heterocycles. The normalized spacial score (nSPS) is 21.1. The number of hydrogen-bond donors (Lipinski definition) is 0. The van der Waals surface area contributed by atoms with Crippen molar-refractivity contribution in [2.75, 3.05) is 13.1 Å². The van der Waals surface area contributed by atoms with E-state index >= 15 is 0 Å². The zero-order chi connectivity index (χ0) is 13.8. The van der Waals surface area contributed by atoms with Gasteiger partial charge in [0, 0.05) is 25.2 Å². The molecule has 1 fully saturated rings. The van der Waals surface area contributed by atoms with Gasteiger partial charge in [-0.2, -0.15) is 0 Å². The zero-order valence-electron chi connectivity index (χ0n) is 10.8. The number of rotatable bonds is 4.